The summed E-state index contributed by atoms with van der Waals surface area (Å²) in [5.41, 5.74) is 0. The highest BCUT2D eigenvalue weighted by Crippen LogP contribution is 2.14. The van der Waals surface area contributed by atoms with Crippen molar-refractivity contribution in [3.8, 4) is 0 Å². The van der Waals surface area contributed by atoms with Crippen molar-refractivity contribution in [1.29, 1.82) is 0 Å². The zero-order valence-corrected chi connectivity index (χ0v) is 12.2. The van der Waals surface area contributed by atoms with E-state index >= 15 is 0 Å². The average molecular weight is 286 g/mol. The van der Waals surface area contributed by atoms with Crippen LogP contribution in [-0.4, -0.2) is 32.9 Å². The van der Waals surface area contributed by atoms with E-state index in [9.17, 15) is 19.2 Å². The molecule has 0 radical (unpaired) electrons. The third kappa shape index (κ3) is 3.96. The minimum atomic E-state index is -1.14. The highest BCUT2D eigenvalue weighted by Gasteiger charge is 2.34. The quantitative estimate of drug-likeness (QED) is 0.519. The summed E-state index contributed by atoms with van der Waals surface area (Å²) < 4.78 is 0. The predicted molar refractivity (Wildman–Crippen MR) is 74.9 cm³/mol. The van der Waals surface area contributed by atoms with E-state index in [4.69, 9.17) is 24.4 Å². The van der Waals surface area contributed by atoms with E-state index in [0.717, 1.165) is 0 Å². The first kappa shape index (κ1) is 16.9. The average Bonchev–Trinajstić information content (AvgIpc) is 2.14. The smallest absolute Gasteiger partial charge is 0.145 e. The Hall–Kier alpha value is -1.14. The molecule has 0 aliphatic rings. The molecule has 0 rings (SSSR count). The Morgan fingerprint density at radius 3 is 0.889 bits per heavy atom. The Labute approximate surface area is 116 Å². The van der Waals surface area contributed by atoms with E-state index in [1.807, 2.05) is 0 Å². The number of hydrogen-bond donors (Lipinski definition) is 0. The molecule has 0 aromatic carbocycles. The lowest BCUT2D eigenvalue weighted by Gasteiger charge is -2.17. The molecule has 0 N–H and O–H groups in total. The summed E-state index contributed by atoms with van der Waals surface area (Å²) in [6.45, 7) is 4.88. The molecule has 4 nitrogen and oxygen atoms in total. The van der Waals surface area contributed by atoms with Gasteiger partial charge in [0.2, 0.25) is 0 Å². The van der Waals surface area contributed by atoms with Crippen molar-refractivity contribution in [2.75, 3.05) is 0 Å². The summed E-state index contributed by atoms with van der Waals surface area (Å²) in [5, 5.41) is 0. The molecule has 0 amide bonds. The van der Waals surface area contributed by atoms with Crippen LogP contribution in [-0.2, 0) is 19.2 Å². The van der Waals surface area contributed by atoms with Gasteiger partial charge in [0.15, 0.2) is 0 Å². The highest BCUT2D eigenvalue weighted by molar-refractivity contribution is 7.89. The summed E-state index contributed by atoms with van der Waals surface area (Å²) in [4.78, 5) is 45.2. The van der Waals surface area contributed by atoms with Gasteiger partial charge >= 0.3 is 0 Å². The molecule has 0 aliphatic heterocycles. The van der Waals surface area contributed by atoms with Crippen LogP contribution in [0.15, 0.2) is 0 Å². The molecule has 18 heavy (non-hydrogen) atoms. The monoisotopic (exact) mass is 286 g/mol. The lowest BCUT2D eigenvalue weighted by atomic mass is 9.87. The van der Waals surface area contributed by atoms with Crippen LogP contribution >= 0.6 is 24.4 Å². The Kier molecular flexibility index (Phi) is 6.28. The largest absolute Gasteiger partial charge is 0.299 e. The van der Waals surface area contributed by atoms with E-state index in [1.54, 1.807) is 0 Å². The van der Waals surface area contributed by atoms with E-state index in [2.05, 4.69) is 0 Å². The van der Waals surface area contributed by atoms with Gasteiger partial charge in [-0.05, 0) is 27.7 Å². The Balaban J connectivity index is 5.37. The van der Waals surface area contributed by atoms with Gasteiger partial charge in [-0.2, -0.15) is 0 Å². The van der Waals surface area contributed by atoms with Gasteiger partial charge in [0.1, 0.15) is 35.0 Å². The van der Waals surface area contributed by atoms with Crippen LogP contribution in [0.4, 0.5) is 0 Å². The van der Waals surface area contributed by atoms with Crippen molar-refractivity contribution in [2.24, 2.45) is 11.8 Å². The van der Waals surface area contributed by atoms with Gasteiger partial charge in [-0.15, -0.1) is 0 Å². The normalized spacial score (nSPS) is 10.3. The first-order valence-corrected chi connectivity index (χ1v) is 6.02. The maximum absolute atomic E-state index is 11.4. The molecule has 0 saturated heterocycles. The minimum absolute atomic E-state index is 0.0969. The van der Waals surface area contributed by atoms with Crippen LogP contribution in [0.1, 0.15) is 27.7 Å². The maximum atomic E-state index is 11.4. The number of Topliss-reactive ketones (excluding diaryl/α,β-unsaturated/α-hetero) is 4. The SMILES string of the molecule is CC(=O)C(C(C)=O)C(=S)C(=S)C(C(C)=O)C(C)=O. The van der Waals surface area contributed by atoms with Crippen molar-refractivity contribution in [3.63, 3.8) is 0 Å². The van der Waals surface area contributed by atoms with Crippen LogP contribution in [0.25, 0.3) is 0 Å². The molecule has 0 saturated carbocycles. The summed E-state index contributed by atoms with van der Waals surface area (Å²) in [7, 11) is 0. The number of rotatable bonds is 7. The lowest BCUT2D eigenvalue weighted by molar-refractivity contribution is -0.129. The molecule has 0 atom stereocenters. The fourth-order valence-corrected chi connectivity index (χ4v) is 2.50. The molecule has 0 unspecified atom stereocenters. The molecule has 98 valence electrons. The summed E-state index contributed by atoms with van der Waals surface area (Å²) in [6, 6.07) is 0. The van der Waals surface area contributed by atoms with Gasteiger partial charge in [0.05, 0.1) is 0 Å². The van der Waals surface area contributed by atoms with Crippen molar-refractivity contribution in [2.45, 2.75) is 27.7 Å². The Bertz CT molecular complexity index is 381. The van der Waals surface area contributed by atoms with Crippen LogP contribution in [0, 0.1) is 11.8 Å². The third-order valence-electron chi connectivity index (χ3n) is 2.39. The van der Waals surface area contributed by atoms with Gasteiger partial charge < -0.3 is 0 Å². The molecule has 0 heterocycles. The van der Waals surface area contributed by atoms with Gasteiger partial charge in [-0.1, -0.05) is 24.4 Å². The van der Waals surface area contributed by atoms with Gasteiger partial charge in [0, 0.05) is 9.73 Å². The molecule has 0 aromatic heterocycles. The van der Waals surface area contributed by atoms with Crippen molar-refractivity contribution < 1.29 is 19.2 Å². The van der Waals surface area contributed by atoms with Crippen molar-refractivity contribution in [1.82, 2.24) is 0 Å². The van der Waals surface area contributed by atoms with Gasteiger partial charge in [-0.3, -0.25) is 19.2 Å². The first-order chi connectivity index (χ1) is 8.11. The Morgan fingerprint density at radius 2 is 0.778 bits per heavy atom. The Morgan fingerprint density at radius 1 is 0.611 bits per heavy atom. The summed E-state index contributed by atoms with van der Waals surface area (Å²) in [5.74, 6) is -4.06. The zero-order chi connectivity index (χ0) is 14.6. The fourth-order valence-electron chi connectivity index (χ4n) is 1.60. The summed E-state index contributed by atoms with van der Waals surface area (Å²) in [6.07, 6.45) is 0. The molecule has 6 heteroatoms. The number of hydrogen-bond acceptors (Lipinski definition) is 6. The fraction of sp³-hybridized carbons (Fsp3) is 0.500. The maximum Gasteiger partial charge on any atom is 0.145 e. The lowest BCUT2D eigenvalue weighted by Crippen LogP contribution is -2.39. The number of carbonyl (C=O) groups excluding carboxylic acids is 4. The van der Waals surface area contributed by atoms with E-state index in [1.165, 1.54) is 27.7 Å². The molecule has 0 bridgehead atoms. The third-order valence-corrected chi connectivity index (χ3v) is 3.43. The number of carbonyl (C=O) groups is 4. The predicted octanol–water partition coefficient (Wildman–Crippen LogP) is 1.31. The molecular weight excluding hydrogens is 272 g/mol. The van der Waals surface area contributed by atoms with Crippen LogP contribution in [0.5, 0.6) is 0 Å². The summed E-state index contributed by atoms with van der Waals surface area (Å²) >= 11 is 9.96. The number of thiocarbonyl (C=S) groups is 2. The molecule has 0 spiro atoms. The van der Waals surface area contributed by atoms with Crippen molar-refractivity contribution in [3.05, 3.63) is 0 Å². The topological polar surface area (TPSA) is 68.3 Å². The highest BCUT2D eigenvalue weighted by atomic mass is 32.1. The second kappa shape index (κ2) is 6.70. The molecule has 0 fully saturated rings. The van der Waals surface area contributed by atoms with Crippen molar-refractivity contribution >= 4 is 57.3 Å². The molecular formula is C12H14O4S2. The van der Waals surface area contributed by atoms with Crippen LogP contribution in [0.2, 0.25) is 0 Å². The van der Waals surface area contributed by atoms with Crippen LogP contribution in [0.3, 0.4) is 0 Å². The van der Waals surface area contributed by atoms with Crippen LogP contribution < -0.4 is 0 Å². The second-order valence-corrected chi connectivity index (χ2v) is 4.92. The first-order valence-electron chi connectivity index (χ1n) is 5.21. The molecule has 0 aliphatic carbocycles. The van der Waals surface area contributed by atoms with E-state index in [0.29, 0.717) is 0 Å². The minimum Gasteiger partial charge on any atom is -0.299 e. The molecule has 0 aromatic rings. The zero-order valence-electron chi connectivity index (χ0n) is 10.6. The standard InChI is InChI=1S/C12H14O4S2/c1-5(13)9(6(2)14)11(17)12(18)10(7(3)15)8(4)16/h9-10H,1-4H3. The number of ketones is 4. The second-order valence-electron chi connectivity index (χ2n) is 4.04. The van der Waals surface area contributed by atoms with Gasteiger partial charge in [0.25, 0.3) is 0 Å². The van der Waals surface area contributed by atoms with Gasteiger partial charge in [-0.25, -0.2) is 0 Å². The van der Waals surface area contributed by atoms with E-state index < -0.39 is 35.0 Å². The van der Waals surface area contributed by atoms with E-state index in [-0.39, 0.29) is 9.73 Å².